The van der Waals surface area contributed by atoms with Gasteiger partial charge in [0, 0.05) is 29.1 Å². The van der Waals surface area contributed by atoms with Gasteiger partial charge in [-0.25, -0.2) is 8.42 Å². The molecule has 0 heterocycles. The molecule has 0 aliphatic rings. The summed E-state index contributed by atoms with van der Waals surface area (Å²) >= 11 is 13.0. The predicted octanol–water partition coefficient (Wildman–Crippen LogP) is 7.05. The van der Waals surface area contributed by atoms with Crippen LogP contribution in [0.5, 0.6) is 0 Å². The van der Waals surface area contributed by atoms with Gasteiger partial charge in [0.2, 0.25) is 11.8 Å². The zero-order chi connectivity index (χ0) is 32.6. The van der Waals surface area contributed by atoms with Gasteiger partial charge in [-0.15, -0.1) is 0 Å². The van der Waals surface area contributed by atoms with Crippen LogP contribution in [-0.2, 0) is 32.6 Å². The van der Waals surface area contributed by atoms with Crippen LogP contribution in [-0.4, -0.2) is 43.8 Å². The third-order valence-electron chi connectivity index (χ3n) is 7.69. The van der Waals surface area contributed by atoms with Crippen molar-refractivity contribution in [3.63, 3.8) is 0 Å². The molecule has 7 nitrogen and oxygen atoms in total. The van der Waals surface area contributed by atoms with E-state index in [9.17, 15) is 18.0 Å². The summed E-state index contributed by atoms with van der Waals surface area (Å²) in [5, 5.41) is 3.81. The minimum absolute atomic E-state index is 0.0162. The number of halogens is 2. The number of sulfonamides is 1. The number of carbonyl (C=O) groups excluding carboxylic acids is 2. The summed E-state index contributed by atoms with van der Waals surface area (Å²) in [6.45, 7) is 4.97. The minimum Gasteiger partial charge on any atom is -0.352 e. The maximum atomic E-state index is 14.6. The highest BCUT2D eigenvalue weighted by Crippen LogP contribution is 2.31. The predicted molar refractivity (Wildman–Crippen MR) is 181 cm³/mol. The zero-order valence-corrected chi connectivity index (χ0v) is 27.8. The van der Waals surface area contributed by atoms with E-state index < -0.39 is 28.5 Å². The van der Waals surface area contributed by atoms with Gasteiger partial charge in [0.05, 0.1) is 10.6 Å². The highest BCUT2D eigenvalue weighted by atomic mass is 35.5. The van der Waals surface area contributed by atoms with Crippen molar-refractivity contribution < 1.29 is 18.0 Å². The van der Waals surface area contributed by atoms with E-state index in [-0.39, 0.29) is 35.5 Å². The van der Waals surface area contributed by atoms with Crippen molar-refractivity contribution in [1.82, 2.24) is 10.2 Å². The van der Waals surface area contributed by atoms with Crippen molar-refractivity contribution in [1.29, 1.82) is 0 Å². The monoisotopic (exact) mass is 665 g/mol. The molecule has 0 aromatic heterocycles. The van der Waals surface area contributed by atoms with Crippen LogP contribution in [0.4, 0.5) is 5.69 Å². The van der Waals surface area contributed by atoms with Crippen molar-refractivity contribution >= 4 is 50.7 Å². The molecule has 4 aromatic rings. The molecule has 0 aliphatic heterocycles. The fraction of sp³-hybridized carbons (Fsp3) is 0.257. The number of nitrogens with zero attached hydrogens (tertiary/aromatic N) is 2. The van der Waals surface area contributed by atoms with E-state index >= 15 is 0 Å². The molecule has 45 heavy (non-hydrogen) atoms. The first kappa shape index (κ1) is 34.0. The zero-order valence-electron chi connectivity index (χ0n) is 25.5. The van der Waals surface area contributed by atoms with Gasteiger partial charge >= 0.3 is 0 Å². The van der Waals surface area contributed by atoms with E-state index in [1.165, 1.54) is 17.0 Å². The van der Waals surface area contributed by atoms with Crippen LogP contribution in [0.3, 0.4) is 0 Å². The topological polar surface area (TPSA) is 86.8 Å². The number of rotatable bonds is 13. The van der Waals surface area contributed by atoms with Crippen molar-refractivity contribution in [2.75, 3.05) is 10.8 Å². The molecular formula is C35H37Cl2N3O4S. The standard InChI is InChI=1S/C35H37Cl2N3O4S/c1-4-25(2)38-35(42)33(22-27-14-7-5-8-15-27)39(23-28-16-11-12-19-31(28)37)34(41)24-40(32-21-13-20-30(36)26(32)3)45(43,44)29-17-9-6-10-18-29/h5-21,25,33H,4,22-24H2,1-3H3,(H,38,42)/t25-,33+/m0/s1. The minimum atomic E-state index is -4.23. The van der Waals surface area contributed by atoms with Gasteiger partial charge in [0.1, 0.15) is 12.6 Å². The average molecular weight is 667 g/mol. The average Bonchev–Trinajstić information content (AvgIpc) is 3.04. The summed E-state index contributed by atoms with van der Waals surface area (Å²) in [6, 6.07) is 28.2. The Morgan fingerprint density at radius 2 is 1.42 bits per heavy atom. The molecule has 0 unspecified atom stereocenters. The first-order valence-corrected chi connectivity index (χ1v) is 16.9. The van der Waals surface area contributed by atoms with Gasteiger partial charge in [0.15, 0.2) is 0 Å². The molecule has 2 atom stereocenters. The van der Waals surface area contributed by atoms with Crippen LogP contribution < -0.4 is 9.62 Å². The number of carbonyl (C=O) groups is 2. The highest BCUT2D eigenvalue weighted by Gasteiger charge is 2.35. The lowest BCUT2D eigenvalue weighted by Crippen LogP contribution is -2.54. The van der Waals surface area contributed by atoms with E-state index in [2.05, 4.69) is 5.32 Å². The molecule has 0 saturated carbocycles. The normalized spacial score (nSPS) is 12.6. The van der Waals surface area contributed by atoms with Crippen LogP contribution in [0.15, 0.2) is 108 Å². The molecule has 10 heteroatoms. The van der Waals surface area contributed by atoms with Crippen LogP contribution in [0.25, 0.3) is 0 Å². The molecule has 0 radical (unpaired) electrons. The third-order valence-corrected chi connectivity index (χ3v) is 10.2. The summed E-state index contributed by atoms with van der Waals surface area (Å²) < 4.78 is 29.4. The summed E-state index contributed by atoms with van der Waals surface area (Å²) in [5.74, 6) is -0.918. The number of hydrogen-bond donors (Lipinski definition) is 1. The van der Waals surface area contributed by atoms with Gasteiger partial charge in [-0.05, 0) is 67.3 Å². The summed E-state index contributed by atoms with van der Waals surface area (Å²) in [7, 11) is -4.23. The Morgan fingerprint density at radius 1 is 0.822 bits per heavy atom. The largest absolute Gasteiger partial charge is 0.352 e. The Balaban J connectivity index is 1.84. The SMILES string of the molecule is CC[C@H](C)NC(=O)[C@@H](Cc1ccccc1)N(Cc1ccccc1Cl)C(=O)CN(c1cccc(Cl)c1C)S(=O)(=O)c1ccccc1. The van der Waals surface area contributed by atoms with Crippen molar-refractivity contribution in [2.24, 2.45) is 0 Å². The lowest BCUT2D eigenvalue weighted by Gasteiger charge is -2.34. The molecule has 1 N–H and O–H groups in total. The quantitative estimate of drug-likeness (QED) is 0.166. The smallest absolute Gasteiger partial charge is 0.264 e. The molecule has 4 aromatic carbocycles. The summed E-state index contributed by atoms with van der Waals surface area (Å²) in [5.41, 5.74) is 2.23. The molecule has 0 spiro atoms. The maximum Gasteiger partial charge on any atom is 0.264 e. The Morgan fingerprint density at radius 3 is 2.07 bits per heavy atom. The van der Waals surface area contributed by atoms with Crippen molar-refractivity contribution in [3.05, 3.63) is 130 Å². The van der Waals surface area contributed by atoms with Gasteiger partial charge in [-0.3, -0.25) is 13.9 Å². The lowest BCUT2D eigenvalue weighted by atomic mass is 10.0. The number of nitrogens with one attached hydrogen (secondary N) is 1. The van der Waals surface area contributed by atoms with Gasteiger partial charge in [-0.2, -0.15) is 0 Å². The number of benzene rings is 4. The van der Waals surface area contributed by atoms with Gasteiger partial charge in [-0.1, -0.05) is 103 Å². The Kier molecular flexibility index (Phi) is 11.7. The molecule has 2 amide bonds. The van der Waals surface area contributed by atoms with Gasteiger partial charge < -0.3 is 10.2 Å². The second-order valence-electron chi connectivity index (χ2n) is 10.8. The first-order valence-electron chi connectivity index (χ1n) is 14.7. The van der Waals surface area contributed by atoms with E-state index in [4.69, 9.17) is 23.2 Å². The molecule has 0 fully saturated rings. The molecule has 0 bridgehead atoms. The molecule has 0 aliphatic carbocycles. The maximum absolute atomic E-state index is 14.6. The van der Waals surface area contributed by atoms with E-state index in [0.29, 0.717) is 27.6 Å². The second-order valence-corrected chi connectivity index (χ2v) is 13.5. The molecule has 0 saturated heterocycles. The van der Waals surface area contributed by atoms with Crippen LogP contribution in [0, 0.1) is 6.92 Å². The molecule has 236 valence electrons. The fourth-order valence-electron chi connectivity index (χ4n) is 4.90. The van der Waals surface area contributed by atoms with Crippen LogP contribution >= 0.6 is 23.2 Å². The highest BCUT2D eigenvalue weighted by molar-refractivity contribution is 7.92. The van der Waals surface area contributed by atoms with E-state index in [1.807, 2.05) is 44.2 Å². The van der Waals surface area contributed by atoms with E-state index in [0.717, 1.165) is 9.87 Å². The second kappa shape index (κ2) is 15.4. The molecular weight excluding hydrogens is 629 g/mol. The van der Waals surface area contributed by atoms with Gasteiger partial charge in [0.25, 0.3) is 10.0 Å². The van der Waals surface area contributed by atoms with Crippen molar-refractivity contribution in [3.8, 4) is 0 Å². The van der Waals surface area contributed by atoms with Crippen LogP contribution in [0.2, 0.25) is 10.0 Å². The lowest BCUT2D eigenvalue weighted by molar-refractivity contribution is -0.140. The van der Waals surface area contributed by atoms with E-state index in [1.54, 1.807) is 67.6 Å². The summed E-state index contributed by atoms with van der Waals surface area (Å²) in [4.78, 5) is 29.9. The first-order chi connectivity index (χ1) is 21.5. The Labute approximate surface area is 275 Å². The number of amides is 2. The van der Waals surface area contributed by atoms with Crippen LogP contribution in [0.1, 0.15) is 37.0 Å². The Hall–Kier alpha value is -3.85. The third kappa shape index (κ3) is 8.45. The van der Waals surface area contributed by atoms with Crippen molar-refractivity contribution in [2.45, 2.75) is 57.1 Å². The summed E-state index contributed by atoms with van der Waals surface area (Å²) in [6.07, 6.45) is 0.903. The number of anilines is 1. The molecule has 4 rings (SSSR count). The number of hydrogen-bond acceptors (Lipinski definition) is 4. The Bertz CT molecular complexity index is 1720. The fourth-order valence-corrected chi connectivity index (χ4v) is 6.76.